The minimum absolute atomic E-state index is 0.0182. The number of ether oxygens (including phenoxy) is 1. The molecule has 0 radical (unpaired) electrons. The highest BCUT2D eigenvalue weighted by molar-refractivity contribution is 5.30. The average molecular weight is 367 g/mol. The lowest BCUT2D eigenvalue weighted by Gasteiger charge is -2.46. The summed E-state index contributed by atoms with van der Waals surface area (Å²) >= 11 is 0. The lowest BCUT2D eigenvalue weighted by atomic mass is 9.82. The number of anilines is 1. The molecule has 0 saturated carbocycles. The molecule has 2 aromatic rings. The predicted octanol–water partition coefficient (Wildman–Crippen LogP) is 3.72. The Labute approximate surface area is 162 Å². The van der Waals surface area contributed by atoms with Gasteiger partial charge in [0.2, 0.25) is 5.95 Å². The highest BCUT2D eigenvalue weighted by Crippen LogP contribution is 2.36. The number of aryl methyl sites for hydroxylation is 2. The predicted molar refractivity (Wildman–Crippen MR) is 108 cm³/mol. The summed E-state index contributed by atoms with van der Waals surface area (Å²) in [6.07, 6.45) is 7.85. The number of hydrogen-bond donors (Lipinski definition) is 1. The fourth-order valence-electron chi connectivity index (χ4n) is 4.33. The number of benzene rings is 1. The van der Waals surface area contributed by atoms with Crippen LogP contribution in [0.3, 0.4) is 0 Å². The van der Waals surface area contributed by atoms with E-state index in [2.05, 4.69) is 52.2 Å². The van der Waals surface area contributed by atoms with Crippen molar-refractivity contribution in [2.75, 3.05) is 25.0 Å². The number of hydrogen-bond acceptors (Lipinski definition) is 5. The van der Waals surface area contributed by atoms with Crippen LogP contribution in [0.1, 0.15) is 42.4 Å². The first-order valence-corrected chi connectivity index (χ1v) is 10.1. The Bertz CT molecular complexity index is 756. The number of likely N-dealkylation sites (tertiary alicyclic amines) is 1. The monoisotopic (exact) mass is 366 g/mol. The van der Waals surface area contributed by atoms with E-state index in [0.29, 0.717) is 6.04 Å². The van der Waals surface area contributed by atoms with Gasteiger partial charge in [-0.05, 0) is 62.3 Å². The molecule has 1 aromatic carbocycles. The van der Waals surface area contributed by atoms with Crippen LogP contribution >= 0.6 is 0 Å². The van der Waals surface area contributed by atoms with Crippen molar-refractivity contribution in [3.63, 3.8) is 0 Å². The highest BCUT2D eigenvalue weighted by Gasteiger charge is 2.40. The molecular weight excluding hydrogens is 336 g/mol. The Balaban J connectivity index is 1.32. The first-order valence-electron chi connectivity index (χ1n) is 10.1. The van der Waals surface area contributed by atoms with E-state index in [4.69, 9.17) is 4.74 Å². The van der Waals surface area contributed by atoms with E-state index >= 15 is 0 Å². The summed E-state index contributed by atoms with van der Waals surface area (Å²) in [5, 5.41) is 3.50. The molecule has 4 rings (SSSR count). The van der Waals surface area contributed by atoms with Crippen LogP contribution in [0, 0.1) is 13.8 Å². The molecule has 2 saturated heterocycles. The van der Waals surface area contributed by atoms with Crippen molar-refractivity contribution in [3.05, 3.63) is 53.3 Å². The third-order valence-electron chi connectivity index (χ3n) is 6.14. The Morgan fingerprint density at radius 2 is 1.93 bits per heavy atom. The van der Waals surface area contributed by atoms with Crippen LogP contribution in [0.2, 0.25) is 0 Å². The van der Waals surface area contributed by atoms with Gasteiger partial charge in [0.05, 0.1) is 5.60 Å². The van der Waals surface area contributed by atoms with Crippen LogP contribution < -0.4 is 5.32 Å². The van der Waals surface area contributed by atoms with Gasteiger partial charge in [-0.3, -0.25) is 4.90 Å². The molecule has 0 bridgehead atoms. The Hall–Kier alpha value is -1.98. The summed E-state index contributed by atoms with van der Waals surface area (Å²) in [4.78, 5) is 11.2. The number of rotatable bonds is 4. The molecule has 1 aromatic heterocycles. The summed E-state index contributed by atoms with van der Waals surface area (Å²) in [5.74, 6) is 0.728. The lowest BCUT2D eigenvalue weighted by molar-refractivity contribution is -0.115. The number of piperidine rings is 1. The van der Waals surface area contributed by atoms with Crippen LogP contribution in [0.15, 0.2) is 36.7 Å². The molecule has 2 fully saturated rings. The van der Waals surface area contributed by atoms with Gasteiger partial charge in [0.1, 0.15) is 0 Å². The molecule has 2 aliphatic heterocycles. The first-order chi connectivity index (χ1) is 13.1. The summed E-state index contributed by atoms with van der Waals surface area (Å²) < 4.78 is 6.30. The van der Waals surface area contributed by atoms with Gasteiger partial charge >= 0.3 is 0 Å². The molecule has 5 heteroatoms. The van der Waals surface area contributed by atoms with Crippen molar-refractivity contribution in [3.8, 4) is 0 Å². The molecular formula is C22H30N4O. The van der Waals surface area contributed by atoms with Gasteiger partial charge in [-0.15, -0.1) is 0 Å². The molecule has 1 N–H and O–H groups in total. The molecule has 2 aliphatic rings. The molecule has 1 unspecified atom stereocenters. The van der Waals surface area contributed by atoms with Gasteiger partial charge in [0, 0.05) is 44.7 Å². The van der Waals surface area contributed by atoms with E-state index in [1.165, 1.54) is 16.7 Å². The van der Waals surface area contributed by atoms with Crippen molar-refractivity contribution >= 4 is 5.95 Å². The summed E-state index contributed by atoms with van der Waals surface area (Å²) in [7, 11) is 0. The van der Waals surface area contributed by atoms with Gasteiger partial charge in [-0.1, -0.05) is 18.2 Å². The van der Waals surface area contributed by atoms with Crippen LogP contribution in [0.25, 0.3) is 0 Å². The van der Waals surface area contributed by atoms with Crippen LogP contribution in [0.4, 0.5) is 5.95 Å². The van der Waals surface area contributed by atoms with Crippen LogP contribution in [-0.2, 0) is 11.3 Å². The Kier molecular flexibility index (Phi) is 5.41. The quantitative estimate of drug-likeness (QED) is 0.894. The Morgan fingerprint density at radius 3 is 2.67 bits per heavy atom. The van der Waals surface area contributed by atoms with Gasteiger partial charge < -0.3 is 10.1 Å². The number of nitrogens with one attached hydrogen (secondary N) is 1. The van der Waals surface area contributed by atoms with Gasteiger partial charge in [-0.2, -0.15) is 0 Å². The fourth-order valence-corrected chi connectivity index (χ4v) is 4.33. The zero-order chi connectivity index (χ0) is 18.7. The molecule has 3 heterocycles. The molecule has 1 atom stereocenters. The van der Waals surface area contributed by atoms with Crippen LogP contribution in [0.5, 0.6) is 0 Å². The molecule has 0 aliphatic carbocycles. The normalized spacial score (nSPS) is 22.7. The van der Waals surface area contributed by atoms with E-state index in [-0.39, 0.29) is 5.60 Å². The van der Waals surface area contributed by atoms with E-state index in [1.807, 2.05) is 6.07 Å². The average Bonchev–Trinajstić information content (AvgIpc) is 2.68. The third-order valence-corrected chi connectivity index (χ3v) is 6.14. The second-order valence-electron chi connectivity index (χ2n) is 8.13. The zero-order valence-corrected chi connectivity index (χ0v) is 16.4. The smallest absolute Gasteiger partial charge is 0.222 e. The summed E-state index contributed by atoms with van der Waals surface area (Å²) in [6.45, 7) is 8.43. The molecule has 5 nitrogen and oxygen atoms in total. The lowest BCUT2D eigenvalue weighted by Crippen LogP contribution is -2.51. The SMILES string of the molecule is Cc1ccc(CN2CCC3(CC2)CC(Nc2ncccn2)CCO3)cc1C. The minimum Gasteiger partial charge on any atom is -0.375 e. The van der Waals surface area contributed by atoms with E-state index in [9.17, 15) is 0 Å². The maximum absolute atomic E-state index is 6.30. The van der Waals surface area contributed by atoms with E-state index in [1.54, 1.807) is 12.4 Å². The molecule has 0 amide bonds. The number of aromatic nitrogens is 2. The van der Waals surface area contributed by atoms with Crippen molar-refractivity contribution in [1.29, 1.82) is 0 Å². The fraction of sp³-hybridized carbons (Fsp3) is 0.545. The van der Waals surface area contributed by atoms with Crippen molar-refractivity contribution in [1.82, 2.24) is 14.9 Å². The maximum Gasteiger partial charge on any atom is 0.222 e. The van der Waals surface area contributed by atoms with Crippen molar-refractivity contribution in [2.24, 2.45) is 0 Å². The van der Waals surface area contributed by atoms with Gasteiger partial charge in [0.15, 0.2) is 0 Å². The first kappa shape index (κ1) is 18.4. The van der Waals surface area contributed by atoms with E-state index < -0.39 is 0 Å². The largest absolute Gasteiger partial charge is 0.375 e. The number of nitrogens with zero attached hydrogens (tertiary/aromatic N) is 3. The summed E-state index contributed by atoms with van der Waals surface area (Å²) in [6, 6.07) is 9.08. The van der Waals surface area contributed by atoms with Crippen LogP contribution in [-0.4, -0.2) is 46.2 Å². The minimum atomic E-state index is 0.0182. The van der Waals surface area contributed by atoms with E-state index in [0.717, 1.165) is 57.9 Å². The molecule has 27 heavy (non-hydrogen) atoms. The second kappa shape index (κ2) is 7.95. The molecule has 144 valence electrons. The third kappa shape index (κ3) is 4.47. The van der Waals surface area contributed by atoms with Crippen molar-refractivity contribution in [2.45, 2.75) is 57.7 Å². The zero-order valence-electron chi connectivity index (χ0n) is 16.4. The van der Waals surface area contributed by atoms with Gasteiger partial charge in [-0.25, -0.2) is 9.97 Å². The highest BCUT2D eigenvalue weighted by atomic mass is 16.5. The Morgan fingerprint density at radius 1 is 1.15 bits per heavy atom. The molecule has 1 spiro atoms. The van der Waals surface area contributed by atoms with Crippen molar-refractivity contribution < 1.29 is 4.74 Å². The second-order valence-corrected chi connectivity index (χ2v) is 8.13. The topological polar surface area (TPSA) is 50.3 Å². The summed E-state index contributed by atoms with van der Waals surface area (Å²) in [5.41, 5.74) is 4.19. The standard InChI is InChI=1S/C22H30N4O/c1-17-4-5-19(14-18(17)2)16-26-11-7-22(8-12-26)15-20(6-13-27-22)25-21-23-9-3-10-24-21/h3-5,9-10,14,20H,6-8,11-13,15-16H2,1-2H3,(H,23,24,25). The van der Waals surface area contributed by atoms with Gasteiger partial charge in [0.25, 0.3) is 0 Å². The maximum atomic E-state index is 6.30.